The molecule has 0 aliphatic rings. The number of benzene rings is 3. The van der Waals surface area contributed by atoms with E-state index >= 15 is 0 Å². The molecular weight excluding hydrogens is 590 g/mol. The summed E-state index contributed by atoms with van der Waals surface area (Å²) >= 11 is 7.97. The van der Waals surface area contributed by atoms with Gasteiger partial charge in [-0.15, -0.1) is 0 Å². The normalized spacial score (nSPS) is 9.79. The lowest BCUT2D eigenvalue weighted by Crippen LogP contribution is -1.94. The molecule has 0 fully saturated rings. The largest absolute Gasteiger partial charge is 0.489 e. The summed E-state index contributed by atoms with van der Waals surface area (Å²) in [6.45, 7) is 0.626. The molecule has 0 unspecified atom stereocenters. The molecule has 3 rings (SSSR count). The summed E-state index contributed by atoms with van der Waals surface area (Å²) in [7, 11) is 0. The predicted molar refractivity (Wildman–Crippen MR) is 122 cm³/mol. The van der Waals surface area contributed by atoms with Crippen molar-refractivity contribution in [3.63, 3.8) is 0 Å². The first-order valence-corrected chi connectivity index (χ1v) is 10.7. The summed E-state index contributed by atoms with van der Waals surface area (Å²) in [5, 5.41) is 0.948. The van der Waals surface area contributed by atoms with Crippen molar-refractivity contribution in [2.24, 2.45) is 0 Å². The van der Waals surface area contributed by atoms with Gasteiger partial charge in [-0.25, -0.2) is 0 Å². The molecule has 0 aliphatic heterocycles. The van der Waals surface area contributed by atoms with E-state index in [1.807, 2.05) is 30.3 Å². The van der Waals surface area contributed by atoms with Gasteiger partial charge in [-0.1, -0.05) is 58.4 Å². The van der Waals surface area contributed by atoms with Gasteiger partial charge in [-0.2, -0.15) is 0 Å². The van der Waals surface area contributed by atoms with E-state index in [0.717, 1.165) is 11.1 Å². The summed E-state index contributed by atoms with van der Waals surface area (Å²) in [6.07, 6.45) is 0. The summed E-state index contributed by atoms with van der Waals surface area (Å²) in [6, 6.07) is 26.7. The van der Waals surface area contributed by atoms with E-state index < -0.39 is 0 Å². The zero-order valence-corrected chi connectivity index (χ0v) is 18.9. The van der Waals surface area contributed by atoms with Crippen molar-refractivity contribution >= 4 is 61.1 Å². The molecule has 0 aliphatic carbocycles. The second-order valence-electron chi connectivity index (χ2n) is 4.99. The number of ether oxygens (including phenoxy) is 1. The molecule has 0 saturated heterocycles. The number of rotatable bonds is 4. The van der Waals surface area contributed by atoms with Gasteiger partial charge in [0.25, 0.3) is 0 Å². The molecule has 1 nitrogen and oxygen atoms in total. The zero-order valence-electron chi connectivity index (χ0n) is 13.0. The average Bonchev–Trinajstić information content (AvgIpc) is 2.63. The van der Waals surface area contributed by atoms with E-state index in [4.69, 9.17) is 4.74 Å². The molecule has 0 saturated carbocycles. The van der Waals surface area contributed by atoms with Crippen molar-refractivity contribution in [3.8, 4) is 5.75 Å². The van der Waals surface area contributed by atoms with Gasteiger partial charge in [0.05, 0.1) is 0 Å². The average molecular weight is 607 g/mol. The summed E-state index contributed by atoms with van der Waals surface area (Å²) < 4.78 is 8.16. The molecule has 0 bridgehead atoms. The third-order valence-corrected chi connectivity index (χ3v) is 5.22. The van der Waals surface area contributed by atoms with Crippen LogP contribution in [-0.4, -0.2) is 0 Å². The van der Waals surface area contributed by atoms with Gasteiger partial charge in [-0.05, 0) is 92.7 Å². The highest BCUT2D eigenvalue weighted by Gasteiger charge is 1.94. The number of para-hydroxylation sites is 1. The van der Waals surface area contributed by atoms with Gasteiger partial charge in [0.2, 0.25) is 0 Å². The third kappa shape index (κ3) is 7.53. The molecule has 0 heterocycles. The van der Waals surface area contributed by atoms with E-state index in [1.54, 1.807) is 0 Å². The summed E-state index contributed by atoms with van der Waals surface area (Å²) in [5.74, 6) is 0.913. The smallest absolute Gasteiger partial charge is 0.119 e. The van der Waals surface area contributed by atoms with Crippen molar-refractivity contribution in [3.05, 3.63) is 97.1 Å². The number of hydrogen-bond donors (Lipinski definition) is 0. The van der Waals surface area contributed by atoms with Crippen LogP contribution in [0, 0.1) is 7.14 Å². The quantitative estimate of drug-likeness (QED) is 0.228. The van der Waals surface area contributed by atoms with Crippen LogP contribution in [0.1, 0.15) is 11.1 Å². The monoisotopic (exact) mass is 606 g/mol. The Morgan fingerprint density at radius 2 is 1.17 bits per heavy atom. The van der Waals surface area contributed by atoms with Crippen molar-refractivity contribution < 1.29 is 4.74 Å². The maximum atomic E-state index is 5.63. The van der Waals surface area contributed by atoms with Crippen LogP contribution in [0.25, 0.3) is 0 Å². The third-order valence-electron chi connectivity index (χ3n) is 3.13. The highest BCUT2D eigenvalue weighted by molar-refractivity contribution is 14.1. The molecule has 0 N–H and O–H groups in total. The van der Waals surface area contributed by atoms with Crippen molar-refractivity contribution in [1.82, 2.24) is 0 Å². The first-order valence-electron chi connectivity index (χ1n) is 7.40. The minimum absolute atomic E-state index is 0.626. The van der Waals surface area contributed by atoms with Crippen LogP contribution in [0.5, 0.6) is 5.75 Å². The Labute approximate surface area is 179 Å². The lowest BCUT2D eigenvalue weighted by molar-refractivity contribution is 0.306. The predicted octanol–water partition coefficient (Wildman–Crippen LogP) is 7.06. The maximum Gasteiger partial charge on any atom is 0.119 e. The van der Waals surface area contributed by atoms with E-state index in [2.05, 4.69) is 110 Å². The van der Waals surface area contributed by atoms with Crippen molar-refractivity contribution in [2.45, 2.75) is 11.9 Å². The Balaban J connectivity index is 0.000000198. The van der Waals surface area contributed by atoms with E-state index in [0.29, 0.717) is 6.61 Å². The Morgan fingerprint density at radius 1 is 0.667 bits per heavy atom. The van der Waals surface area contributed by atoms with Crippen LogP contribution >= 0.6 is 61.1 Å². The molecule has 24 heavy (non-hydrogen) atoms. The minimum Gasteiger partial charge on any atom is -0.489 e. The Hall–Kier alpha value is -0.600. The Bertz CT molecular complexity index is 713. The van der Waals surface area contributed by atoms with Gasteiger partial charge in [-0.3, -0.25) is 0 Å². The first-order chi connectivity index (χ1) is 11.7. The van der Waals surface area contributed by atoms with Crippen LogP contribution in [0.15, 0.2) is 78.9 Å². The van der Waals surface area contributed by atoms with Gasteiger partial charge in [0, 0.05) is 12.5 Å². The lowest BCUT2D eigenvalue weighted by atomic mass is 10.2. The maximum absolute atomic E-state index is 5.63. The zero-order chi connectivity index (χ0) is 17.2. The number of hydrogen-bond acceptors (Lipinski definition) is 1. The van der Waals surface area contributed by atoms with Gasteiger partial charge in [0.15, 0.2) is 0 Å². The van der Waals surface area contributed by atoms with Crippen molar-refractivity contribution in [1.29, 1.82) is 0 Å². The molecule has 0 atom stereocenters. The van der Waals surface area contributed by atoms with Gasteiger partial charge < -0.3 is 4.74 Å². The molecule has 0 spiro atoms. The van der Waals surface area contributed by atoms with E-state index in [-0.39, 0.29) is 0 Å². The van der Waals surface area contributed by atoms with Crippen molar-refractivity contribution in [2.75, 3.05) is 0 Å². The number of alkyl halides is 1. The molecule has 124 valence electrons. The standard InChI is InChI=1S/C13H11IO.C7H6BrI/c14-12-8-6-11(7-9-12)10-15-13-4-2-1-3-5-13;8-5-6-1-3-7(9)4-2-6/h1-9H,10H2;1-4H,5H2. The highest BCUT2D eigenvalue weighted by atomic mass is 127. The fourth-order valence-corrected chi connectivity index (χ4v) is 2.93. The molecule has 0 radical (unpaired) electrons. The number of halogens is 3. The molecule has 0 amide bonds. The molecule has 3 aromatic rings. The Kier molecular flexibility index (Phi) is 9.12. The van der Waals surface area contributed by atoms with Crippen LogP contribution in [0.2, 0.25) is 0 Å². The second-order valence-corrected chi connectivity index (χ2v) is 8.04. The Morgan fingerprint density at radius 3 is 1.67 bits per heavy atom. The van der Waals surface area contributed by atoms with Gasteiger partial charge >= 0.3 is 0 Å². The molecule has 4 heteroatoms. The first kappa shape index (κ1) is 19.7. The van der Waals surface area contributed by atoms with Crippen LogP contribution in [-0.2, 0) is 11.9 Å². The summed E-state index contributed by atoms with van der Waals surface area (Å²) in [4.78, 5) is 0. The molecular formula is C20H17BrI2O. The second kappa shape index (κ2) is 11.1. The topological polar surface area (TPSA) is 9.23 Å². The molecule has 0 aromatic heterocycles. The fraction of sp³-hybridized carbons (Fsp3) is 0.100. The SMILES string of the molecule is BrCc1ccc(I)cc1.Ic1ccc(COc2ccccc2)cc1. The minimum atomic E-state index is 0.626. The van der Waals surface area contributed by atoms with Crippen LogP contribution in [0.4, 0.5) is 0 Å². The van der Waals surface area contributed by atoms with E-state index in [1.165, 1.54) is 18.3 Å². The van der Waals surface area contributed by atoms with Gasteiger partial charge in [0.1, 0.15) is 12.4 Å². The van der Waals surface area contributed by atoms with Crippen LogP contribution < -0.4 is 4.74 Å². The van der Waals surface area contributed by atoms with E-state index in [9.17, 15) is 0 Å². The fourth-order valence-electron chi connectivity index (χ4n) is 1.84. The lowest BCUT2D eigenvalue weighted by Gasteiger charge is -2.05. The summed E-state index contributed by atoms with van der Waals surface area (Å²) in [5.41, 5.74) is 2.52. The van der Waals surface area contributed by atoms with Crippen LogP contribution in [0.3, 0.4) is 0 Å². The molecule has 3 aromatic carbocycles. The highest BCUT2D eigenvalue weighted by Crippen LogP contribution is 2.13.